The number of alkyl halides is 2. The van der Waals surface area contributed by atoms with E-state index < -0.39 is 6.61 Å². The summed E-state index contributed by atoms with van der Waals surface area (Å²) in [5, 5.41) is 0. The molecule has 2 heterocycles. The predicted molar refractivity (Wildman–Crippen MR) is 96.1 cm³/mol. The molecule has 6 nitrogen and oxygen atoms in total. The molecule has 0 unspecified atom stereocenters. The van der Waals surface area contributed by atoms with Gasteiger partial charge in [0.25, 0.3) is 5.91 Å². The summed E-state index contributed by atoms with van der Waals surface area (Å²) in [4.78, 5) is 20.9. The first kappa shape index (κ1) is 19.0. The van der Waals surface area contributed by atoms with Crippen LogP contribution in [0.2, 0.25) is 0 Å². The summed E-state index contributed by atoms with van der Waals surface area (Å²) in [5.41, 5.74) is 1.34. The largest absolute Gasteiger partial charge is 0.435 e. The molecule has 0 atom stereocenters. The molecule has 1 amide bonds. The van der Waals surface area contributed by atoms with Crippen molar-refractivity contribution < 1.29 is 23.0 Å². The number of hydrogen-bond donors (Lipinski definition) is 0. The van der Waals surface area contributed by atoms with Crippen LogP contribution in [-0.2, 0) is 11.3 Å². The third kappa shape index (κ3) is 4.91. The Labute approximate surface area is 156 Å². The molecule has 1 aliphatic rings. The SMILES string of the molecule is CN(Cc1ccc(OC(F)F)cc1)C(=O)c1cccnc1N1CCOCC1. The van der Waals surface area contributed by atoms with Gasteiger partial charge in [-0.25, -0.2) is 4.98 Å². The van der Waals surface area contributed by atoms with Crippen molar-refractivity contribution in [1.29, 1.82) is 0 Å². The zero-order valence-electron chi connectivity index (χ0n) is 15.0. The lowest BCUT2D eigenvalue weighted by Gasteiger charge is -2.30. The molecular weight excluding hydrogens is 356 g/mol. The number of anilines is 1. The number of nitrogens with zero attached hydrogens (tertiary/aromatic N) is 3. The van der Waals surface area contributed by atoms with Gasteiger partial charge in [-0.3, -0.25) is 4.79 Å². The minimum absolute atomic E-state index is 0.0876. The maximum absolute atomic E-state index is 12.9. The molecule has 0 aliphatic carbocycles. The molecular formula is C19H21F2N3O3. The molecule has 0 saturated carbocycles. The fourth-order valence-electron chi connectivity index (χ4n) is 2.92. The zero-order valence-corrected chi connectivity index (χ0v) is 15.0. The number of ether oxygens (including phenoxy) is 2. The maximum atomic E-state index is 12.9. The summed E-state index contributed by atoms with van der Waals surface area (Å²) in [5.74, 6) is 0.584. The number of pyridine rings is 1. The molecule has 1 aromatic heterocycles. The van der Waals surface area contributed by atoms with Crippen LogP contribution in [-0.4, -0.2) is 55.8 Å². The van der Waals surface area contributed by atoms with E-state index in [4.69, 9.17) is 4.74 Å². The number of benzene rings is 1. The number of carbonyl (C=O) groups excluding carboxylic acids is 1. The Hall–Kier alpha value is -2.74. The standard InChI is InChI=1S/C19H21F2N3O3/c1-23(13-14-4-6-15(7-5-14)27-19(20)21)18(25)16-3-2-8-22-17(16)24-9-11-26-12-10-24/h2-8,19H,9-13H2,1H3. The van der Waals surface area contributed by atoms with Crippen LogP contribution in [0.15, 0.2) is 42.6 Å². The van der Waals surface area contributed by atoms with Crippen molar-refractivity contribution in [3.8, 4) is 5.75 Å². The second-order valence-corrected chi connectivity index (χ2v) is 6.16. The minimum atomic E-state index is -2.86. The molecule has 0 radical (unpaired) electrons. The van der Waals surface area contributed by atoms with Crippen LogP contribution in [0.4, 0.5) is 14.6 Å². The monoisotopic (exact) mass is 377 g/mol. The van der Waals surface area contributed by atoms with Gasteiger partial charge in [0.1, 0.15) is 11.6 Å². The van der Waals surface area contributed by atoms with E-state index in [0.29, 0.717) is 44.2 Å². The van der Waals surface area contributed by atoms with Gasteiger partial charge in [-0.2, -0.15) is 8.78 Å². The average Bonchev–Trinajstić information content (AvgIpc) is 2.69. The molecule has 144 valence electrons. The third-order valence-corrected chi connectivity index (χ3v) is 4.24. The van der Waals surface area contributed by atoms with Gasteiger partial charge in [-0.1, -0.05) is 12.1 Å². The number of morpholine rings is 1. The van der Waals surface area contributed by atoms with E-state index in [0.717, 1.165) is 5.56 Å². The number of hydrogen-bond acceptors (Lipinski definition) is 5. The van der Waals surface area contributed by atoms with Crippen LogP contribution in [0, 0.1) is 0 Å². The van der Waals surface area contributed by atoms with Crippen molar-refractivity contribution in [2.24, 2.45) is 0 Å². The first-order valence-electron chi connectivity index (χ1n) is 8.61. The van der Waals surface area contributed by atoms with Crippen molar-refractivity contribution in [2.45, 2.75) is 13.2 Å². The lowest BCUT2D eigenvalue weighted by Crippen LogP contribution is -2.38. The second kappa shape index (κ2) is 8.77. The number of carbonyl (C=O) groups is 1. The number of halogens is 2. The van der Waals surface area contributed by atoms with Crippen molar-refractivity contribution in [3.63, 3.8) is 0 Å². The van der Waals surface area contributed by atoms with E-state index in [-0.39, 0.29) is 11.7 Å². The maximum Gasteiger partial charge on any atom is 0.387 e. The van der Waals surface area contributed by atoms with Gasteiger partial charge in [0.15, 0.2) is 0 Å². The quantitative estimate of drug-likeness (QED) is 0.775. The fraction of sp³-hybridized carbons (Fsp3) is 0.368. The summed E-state index contributed by atoms with van der Waals surface area (Å²) >= 11 is 0. The Balaban J connectivity index is 1.70. The lowest BCUT2D eigenvalue weighted by molar-refractivity contribution is -0.0498. The van der Waals surface area contributed by atoms with Gasteiger partial charge in [-0.05, 0) is 29.8 Å². The molecule has 27 heavy (non-hydrogen) atoms. The van der Waals surface area contributed by atoms with Crippen molar-refractivity contribution in [1.82, 2.24) is 9.88 Å². The summed E-state index contributed by atoms with van der Waals surface area (Å²) in [6, 6.07) is 9.74. The Morgan fingerprint density at radius 2 is 1.96 bits per heavy atom. The summed E-state index contributed by atoms with van der Waals surface area (Å²) in [7, 11) is 1.70. The Morgan fingerprint density at radius 1 is 1.26 bits per heavy atom. The smallest absolute Gasteiger partial charge is 0.387 e. The van der Waals surface area contributed by atoms with Crippen LogP contribution in [0.3, 0.4) is 0 Å². The van der Waals surface area contributed by atoms with Gasteiger partial charge in [0, 0.05) is 32.9 Å². The minimum Gasteiger partial charge on any atom is -0.435 e. The first-order chi connectivity index (χ1) is 13.0. The fourth-order valence-corrected chi connectivity index (χ4v) is 2.92. The van der Waals surface area contributed by atoms with E-state index >= 15 is 0 Å². The lowest BCUT2D eigenvalue weighted by atomic mass is 10.1. The van der Waals surface area contributed by atoms with E-state index in [1.807, 2.05) is 4.90 Å². The average molecular weight is 377 g/mol. The second-order valence-electron chi connectivity index (χ2n) is 6.16. The Morgan fingerprint density at radius 3 is 2.63 bits per heavy atom. The van der Waals surface area contributed by atoms with Gasteiger partial charge >= 0.3 is 6.61 Å². The Bertz CT molecular complexity index is 765. The van der Waals surface area contributed by atoms with Crippen LogP contribution < -0.4 is 9.64 Å². The van der Waals surface area contributed by atoms with Crippen molar-refractivity contribution >= 4 is 11.7 Å². The highest BCUT2D eigenvalue weighted by Crippen LogP contribution is 2.21. The first-order valence-corrected chi connectivity index (χ1v) is 8.61. The molecule has 8 heteroatoms. The van der Waals surface area contributed by atoms with Crippen molar-refractivity contribution in [3.05, 3.63) is 53.7 Å². The molecule has 2 aromatic rings. The Kier molecular flexibility index (Phi) is 6.18. The predicted octanol–water partition coefficient (Wildman–Crippen LogP) is 2.79. The molecule has 1 aliphatic heterocycles. The molecule has 1 saturated heterocycles. The van der Waals surface area contributed by atoms with Crippen molar-refractivity contribution in [2.75, 3.05) is 38.3 Å². The van der Waals surface area contributed by atoms with Gasteiger partial charge < -0.3 is 19.3 Å². The van der Waals surface area contributed by atoms with Gasteiger partial charge in [0.05, 0.1) is 18.8 Å². The highest BCUT2D eigenvalue weighted by Gasteiger charge is 2.22. The van der Waals surface area contributed by atoms with Crippen LogP contribution in [0.25, 0.3) is 0 Å². The van der Waals surface area contributed by atoms with Crippen LogP contribution >= 0.6 is 0 Å². The van der Waals surface area contributed by atoms with E-state index in [9.17, 15) is 13.6 Å². The molecule has 3 rings (SSSR count). The van der Waals surface area contributed by atoms with Crippen LogP contribution in [0.1, 0.15) is 15.9 Å². The van der Waals surface area contributed by atoms with E-state index in [2.05, 4.69) is 9.72 Å². The van der Waals surface area contributed by atoms with E-state index in [1.165, 1.54) is 12.1 Å². The number of aromatic nitrogens is 1. The van der Waals surface area contributed by atoms with Gasteiger partial charge in [0.2, 0.25) is 0 Å². The number of rotatable bonds is 6. The highest BCUT2D eigenvalue weighted by molar-refractivity contribution is 5.98. The normalized spacial score (nSPS) is 14.3. The highest BCUT2D eigenvalue weighted by atomic mass is 19.3. The summed E-state index contributed by atoms with van der Waals surface area (Å²) < 4.78 is 34.1. The van der Waals surface area contributed by atoms with Gasteiger partial charge in [-0.15, -0.1) is 0 Å². The zero-order chi connectivity index (χ0) is 19.2. The third-order valence-electron chi connectivity index (χ3n) is 4.24. The summed E-state index contributed by atoms with van der Waals surface area (Å²) in [6.45, 7) is 0.0641. The molecule has 1 fully saturated rings. The van der Waals surface area contributed by atoms with Crippen LogP contribution in [0.5, 0.6) is 5.75 Å². The molecule has 0 N–H and O–H groups in total. The number of amides is 1. The molecule has 0 spiro atoms. The van der Waals surface area contributed by atoms with E-state index in [1.54, 1.807) is 42.4 Å². The summed E-state index contributed by atoms with van der Waals surface area (Å²) in [6.07, 6.45) is 1.67. The topological polar surface area (TPSA) is 54.9 Å². The molecule has 1 aromatic carbocycles. The molecule has 0 bridgehead atoms.